The topological polar surface area (TPSA) is 17.8 Å². The predicted molar refractivity (Wildman–Crippen MR) is 182 cm³/mol. The first kappa shape index (κ1) is 20.4. The summed E-state index contributed by atoms with van der Waals surface area (Å²) in [7, 11) is 0. The molecule has 0 atom stereocenters. The lowest BCUT2D eigenvalue weighted by Gasteiger charge is -2.18. The fourth-order valence-electron chi connectivity index (χ4n) is 6.36. The van der Waals surface area contributed by atoms with E-state index in [0.29, 0.717) is 5.56 Å². The molecule has 1 heterocycles. The Morgan fingerprint density at radius 3 is 1.79 bits per heavy atom. The van der Waals surface area contributed by atoms with E-state index in [1.54, 1.807) is 0 Å². The smallest absolute Gasteiger partial charge is 0.114 e. The molecule has 204 valence electrons. The van der Waals surface area contributed by atoms with Gasteiger partial charge in [-0.2, -0.15) is 0 Å². The highest BCUT2D eigenvalue weighted by Crippen LogP contribution is 2.44. The second-order valence-electron chi connectivity index (χ2n) is 10.7. The van der Waals surface area contributed by atoms with Crippen LogP contribution >= 0.6 is 0 Å². The summed E-state index contributed by atoms with van der Waals surface area (Å²) in [6.45, 7) is 2.13. The minimum Gasteiger partial charge on any atom is -0.296 e. The predicted octanol–water partition coefficient (Wildman–Crippen LogP) is 10.9. The molecule has 8 aromatic rings. The minimum atomic E-state index is -0.396. The van der Waals surface area contributed by atoms with E-state index in [9.17, 15) is 0 Å². The molecule has 0 fully saturated rings. The Morgan fingerprint density at radius 1 is 0.558 bits per heavy atom. The van der Waals surface area contributed by atoms with E-state index in [4.69, 9.17) is 11.8 Å². The number of rotatable bonds is 5. The van der Waals surface area contributed by atoms with Crippen LogP contribution in [-0.2, 0) is 6.42 Å². The SMILES string of the molecule is [2H]c1c([2H])c([2H])c(-c2c3ccccc3c(-c3cccc(-c4cccc(-n5c(CC)nc6ccccc65)c4)c3)c3ccccc23)c([2H])c1[2H]. The first-order chi connectivity index (χ1) is 23.4. The van der Waals surface area contributed by atoms with Crippen LogP contribution in [0, 0.1) is 0 Å². The highest BCUT2D eigenvalue weighted by Gasteiger charge is 2.17. The summed E-state index contributed by atoms with van der Waals surface area (Å²) in [5, 5.41) is 3.55. The van der Waals surface area contributed by atoms with E-state index in [1.807, 2.05) is 48.5 Å². The average Bonchev–Trinajstić information content (AvgIpc) is 3.52. The van der Waals surface area contributed by atoms with Crippen LogP contribution in [0.4, 0.5) is 0 Å². The second kappa shape index (κ2) is 10.4. The van der Waals surface area contributed by atoms with Gasteiger partial charge in [0.05, 0.1) is 17.9 Å². The van der Waals surface area contributed by atoms with E-state index >= 15 is 0 Å². The quantitative estimate of drug-likeness (QED) is 0.193. The molecular weight excluding hydrogens is 520 g/mol. The maximum atomic E-state index is 8.83. The number of nitrogens with zero attached hydrogens (tertiary/aromatic N) is 2. The fraction of sp³-hybridized carbons (Fsp3) is 0.0488. The first-order valence-corrected chi connectivity index (χ1v) is 14.6. The van der Waals surface area contributed by atoms with Gasteiger partial charge in [0, 0.05) is 12.1 Å². The molecule has 0 amide bonds. The number of hydrogen-bond acceptors (Lipinski definition) is 1. The number of benzene rings is 7. The average molecular weight is 556 g/mol. The summed E-state index contributed by atoms with van der Waals surface area (Å²) in [6, 6.07) is 39.7. The molecule has 1 aromatic heterocycles. The van der Waals surface area contributed by atoms with Gasteiger partial charge in [0.25, 0.3) is 0 Å². The van der Waals surface area contributed by atoms with Crippen molar-refractivity contribution < 1.29 is 6.85 Å². The summed E-state index contributed by atoms with van der Waals surface area (Å²) >= 11 is 0. The summed E-state index contributed by atoms with van der Waals surface area (Å²) in [4.78, 5) is 4.88. The third kappa shape index (κ3) is 4.23. The Hall–Kier alpha value is -5.47. The van der Waals surface area contributed by atoms with E-state index in [2.05, 4.69) is 84.3 Å². The summed E-state index contributed by atoms with van der Waals surface area (Å²) in [5.74, 6) is 1.01. The van der Waals surface area contributed by atoms with Gasteiger partial charge < -0.3 is 0 Å². The Balaban J connectivity index is 1.35. The normalized spacial score (nSPS) is 13.1. The van der Waals surface area contributed by atoms with Crippen LogP contribution < -0.4 is 0 Å². The molecular formula is C41H30N2. The third-order valence-corrected chi connectivity index (χ3v) is 8.22. The van der Waals surface area contributed by atoms with Crippen molar-refractivity contribution in [3.63, 3.8) is 0 Å². The van der Waals surface area contributed by atoms with Gasteiger partial charge >= 0.3 is 0 Å². The van der Waals surface area contributed by atoms with Gasteiger partial charge in [-0.15, -0.1) is 0 Å². The van der Waals surface area contributed by atoms with Crippen LogP contribution in [0.25, 0.3) is 71.6 Å². The Morgan fingerprint density at radius 2 is 1.12 bits per heavy atom. The second-order valence-corrected chi connectivity index (χ2v) is 10.7. The molecule has 0 saturated carbocycles. The van der Waals surface area contributed by atoms with E-state index < -0.39 is 6.04 Å². The lowest BCUT2D eigenvalue weighted by molar-refractivity contribution is 0.908. The molecule has 43 heavy (non-hydrogen) atoms. The van der Waals surface area contributed by atoms with Gasteiger partial charge in [-0.1, -0.05) is 128 Å². The monoisotopic (exact) mass is 555 g/mol. The largest absolute Gasteiger partial charge is 0.296 e. The van der Waals surface area contributed by atoms with Gasteiger partial charge in [-0.05, 0) is 85.3 Å². The minimum absolute atomic E-state index is 0.206. The van der Waals surface area contributed by atoms with Crippen molar-refractivity contribution in [2.24, 2.45) is 0 Å². The van der Waals surface area contributed by atoms with Crippen LogP contribution in [0.1, 0.15) is 19.6 Å². The maximum Gasteiger partial charge on any atom is 0.114 e. The lowest BCUT2D eigenvalue weighted by Crippen LogP contribution is -2.00. The van der Waals surface area contributed by atoms with Crippen LogP contribution in [0.2, 0.25) is 0 Å². The number of aryl methyl sites for hydroxylation is 1. The van der Waals surface area contributed by atoms with Gasteiger partial charge in [0.15, 0.2) is 0 Å². The molecule has 0 aliphatic heterocycles. The van der Waals surface area contributed by atoms with E-state index in [-0.39, 0.29) is 29.7 Å². The van der Waals surface area contributed by atoms with Crippen molar-refractivity contribution in [2.75, 3.05) is 0 Å². The maximum absolute atomic E-state index is 8.83. The lowest BCUT2D eigenvalue weighted by atomic mass is 9.85. The van der Waals surface area contributed by atoms with E-state index in [1.165, 1.54) is 0 Å². The Bertz CT molecular complexity index is 2480. The summed E-state index contributed by atoms with van der Waals surface area (Å²) in [5.41, 5.74) is 8.18. The van der Waals surface area contributed by atoms with Crippen LogP contribution in [0.15, 0.2) is 152 Å². The van der Waals surface area contributed by atoms with Crippen molar-refractivity contribution in [1.82, 2.24) is 9.55 Å². The molecule has 0 radical (unpaired) electrons. The molecule has 7 aromatic carbocycles. The highest BCUT2D eigenvalue weighted by molar-refractivity contribution is 6.21. The summed E-state index contributed by atoms with van der Waals surface area (Å²) < 4.78 is 44.8. The van der Waals surface area contributed by atoms with Crippen molar-refractivity contribution >= 4 is 32.6 Å². The van der Waals surface area contributed by atoms with Crippen molar-refractivity contribution in [3.05, 3.63) is 157 Å². The Kier molecular flexibility index (Phi) is 4.95. The molecule has 0 bridgehead atoms. The number of imidazole rings is 1. The molecule has 0 aliphatic rings. The van der Waals surface area contributed by atoms with Crippen LogP contribution in [0.5, 0.6) is 0 Å². The van der Waals surface area contributed by atoms with Crippen LogP contribution in [0.3, 0.4) is 0 Å². The molecule has 8 rings (SSSR count). The van der Waals surface area contributed by atoms with E-state index in [0.717, 1.165) is 72.8 Å². The number of fused-ring (bicyclic) bond motifs is 3. The van der Waals surface area contributed by atoms with Gasteiger partial charge in [0.1, 0.15) is 5.82 Å². The zero-order valence-corrected chi connectivity index (χ0v) is 23.6. The van der Waals surface area contributed by atoms with Crippen molar-refractivity contribution in [1.29, 1.82) is 0 Å². The van der Waals surface area contributed by atoms with Crippen LogP contribution in [-0.4, -0.2) is 9.55 Å². The molecule has 0 unspecified atom stereocenters. The molecule has 0 N–H and O–H groups in total. The summed E-state index contributed by atoms with van der Waals surface area (Å²) in [6.07, 6.45) is 0.813. The molecule has 0 spiro atoms. The number of aromatic nitrogens is 2. The fourth-order valence-corrected chi connectivity index (χ4v) is 6.36. The van der Waals surface area contributed by atoms with Crippen molar-refractivity contribution in [2.45, 2.75) is 13.3 Å². The zero-order valence-electron chi connectivity index (χ0n) is 28.6. The number of para-hydroxylation sites is 2. The zero-order chi connectivity index (χ0) is 33.1. The Labute approximate surface area is 258 Å². The van der Waals surface area contributed by atoms with Gasteiger partial charge in [-0.25, -0.2) is 4.98 Å². The molecule has 0 saturated heterocycles. The van der Waals surface area contributed by atoms with Gasteiger partial charge in [0.2, 0.25) is 0 Å². The van der Waals surface area contributed by atoms with Gasteiger partial charge in [-0.3, -0.25) is 4.57 Å². The highest BCUT2D eigenvalue weighted by atomic mass is 15.1. The molecule has 2 heteroatoms. The molecule has 0 aliphatic carbocycles. The van der Waals surface area contributed by atoms with Crippen molar-refractivity contribution in [3.8, 4) is 39.1 Å². The third-order valence-electron chi connectivity index (χ3n) is 8.22. The first-order valence-electron chi connectivity index (χ1n) is 17.1. The standard InChI is InChI=1S/C41H30N2/c1-2-39-42-37-24-10-11-25-38(37)43(39)32-19-13-17-30(27-32)29-16-12-18-31(26-29)41-35-22-8-6-20-33(35)40(28-14-4-3-5-15-28)34-21-7-9-23-36(34)41/h3-27H,2H2,1H3/i3D,4D,5D,14D,15D. The molecule has 2 nitrogen and oxygen atoms in total. The number of hydrogen-bond donors (Lipinski definition) is 0.